The second-order valence-corrected chi connectivity index (χ2v) is 2.82. The van der Waals surface area contributed by atoms with Gasteiger partial charge in [0.25, 0.3) is 0 Å². The Labute approximate surface area is 87.7 Å². The zero-order valence-corrected chi connectivity index (χ0v) is 7.91. The van der Waals surface area contributed by atoms with E-state index in [1.165, 1.54) is 0 Å². The molecule has 0 radical (unpaired) electrons. The Bertz CT molecular complexity index is 302. The third kappa shape index (κ3) is 5.29. The van der Waals surface area contributed by atoms with Crippen molar-refractivity contribution in [3.63, 3.8) is 0 Å². The van der Waals surface area contributed by atoms with Crippen LogP contribution in [0, 0.1) is 0 Å². The van der Waals surface area contributed by atoms with E-state index in [-0.39, 0.29) is 12.8 Å². The summed E-state index contributed by atoms with van der Waals surface area (Å²) in [5.41, 5.74) is 9.77. The van der Waals surface area contributed by atoms with E-state index in [9.17, 15) is 27.6 Å². The fraction of sp³-hybridized carbons (Fsp3) is 0.571. The number of esters is 2. The molecule has 0 fully saturated rings. The zero-order chi connectivity index (χ0) is 12.9. The van der Waals surface area contributed by atoms with Crippen molar-refractivity contribution in [1.29, 1.82) is 0 Å². The van der Waals surface area contributed by atoms with Gasteiger partial charge in [0.15, 0.2) is 0 Å². The second-order valence-electron chi connectivity index (χ2n) is 2.82. The van der Waals surface area contributed by atoms with Crippen LogP contribution in [0.15, 0.2) is 0 Å². The maximum Gasteiger partial charge on any atom is 0.491 e. The van der Waals surface area contributed by atoms with E-state index in [0.29, 0.717) is 0 Å². The van der Waals surface area contributed by atoms with Crippen LogP contribution in [0.3, 0.4) is 0 Å². The van der Waals surface area contributed by atoms with E-state index in [1.54, 1.807) is 0 Å². The summed E-state index contributed by atoms with van der Waals surface area (Å²) in [6, 6.07) is -1.50. The molecule has 0 aliphatic rings. The highest BCUT2D eigenvalue weighted by Gasteiger charge is 2.43. The molecule has 0 unspecified atom stereocenters. The largest absolute Gasteiger partial charge is 0.491 e. The van der Waals surface area contributed by atoms with Crippen LogP contribution in [-0.4, -0.2) is 30.1 Å². The summed E-state index contributed by atoms with van der Waals surface area (Å²) in [6.45, 7) is 0. The van der Waals surface area contributed by atoms with E-state index in [0.717, 1.165) is 0 Å². The molecular formula is C7H9F3N2O4. The van der Waals surface area contributed by atoms with Crippen LogP contribution in [0.2, 0.25) is 0 Å². The van der Waals surface area contributed by atoms with Gasteiger partial charge in [-0.15, -0.1) is 0 Å². The molecule has 6 nitrogen and oxygen atoms in total. The number of halogens is 3. The highest BCUT2D eigenvalue weighted by atomic mass is 19.4. The van der Waals surface area contributed by atoms with Crippen molar-refractivity contribution in [1.82, 2.24) is 0 Å². The van der Waals surface area contributed by atoms with E-state index in [1.807, 2.05) is 0 Å². The minimum Gasteiger partial charge on any atom is -0.385 e. The van der Waals surface area contributed by atoms with Gasteiger partial charge in [-0.2, -0.15) is 13.2 Å². The van der Waals surface area contributed by atoms with Gasteiger partial charge < -0.3 is 16.2 Å². The van der Waals surface area contributed by atoms with Crippen LogP contribution in [-0.2, 0) is 19.1 Å². The molecule has 0 aromatic carbocycles. The third-order valence-corrected chi connectivity index (χ3v) is 1.43. The molecule has 0 heterocycles. The van der Waals surface area contributed by atoms with E-state index < -0.39 is 30.1 Å². The lowest BCUT2D eigenvalue weighted by atomic mass is 10.1. The van der Waals surface area contributed by atoms with Gasteiger partial charge in [0, 0.05) is 6.42 Å². The predicted octanol–water partition coefficient (Wildman–Crippen LogP) is -0.789. The van der Waals surface area contributed by atoms with Gasteiger partial charge in [-0.3, -0.25) is 4.79 Å². The minimum atomic E-state index is -5.26. The Kier molecular flexibility index (Phi) is 4.89. The first-order chi connectivity index (χ1) is 7.14. The Morgan fingerprint density at radius 2 is 1.75 bits per heavy atom. The lowest BCUT2D eigenvalue weighted by molar-refractivity contribution is -0.202. The van der Waals surface area contributed by atoms with Gasteiger partial charge in [-0.25, -0.2) is 9.59 Å². The molecule has 16 heavy (non-hydrogen) atoms. The summed E-state index contributed by atoms with van der Waals surface area (Å²) in [4.78, 5) is 31.3. The molecule has 0 aromatic heterocycles. The van der Waals surface area contributed by atoms with Crippen molar-refractivity contribution in [3.8, 4) is 0 Å². The summed E-state index contributed by atoms with van der Waals surface area (Å²) >= 11 is 0. The maximum atomic E-state index is 11.6. The zero-order valence-electron chi connectivity index (χ0n) is 7.91. The molecule has 0 aliphatic carbocycles. The fourth-order valence-electron chi connectivity index (χ4n) is 0.641. The fourth-order valence-corrected chi connectivity index (χ4v) is 0.641. The summed E-state index contributed by atoms with van der Waals surface area (Å²) in [5, 5.41) is 0. The number of hydrogen-bond acceptors (Lipinski definition) is 5. The molecule has 0 rings (SSSR count). The SMILES string of the molecule is NC(=O)CC[C@H](N)C(=O)OC(=O)C(F)(F)F. The summed E-state index contributed by atoms with van der Waals surface area (Å²) in [6.07, 6.45) is -5.85. The number of primary amides is 1. The first-order valence-electron chi connectivity index (χ1n) is 4.01. The Hall–Kier alpha value is -1.64. The normalized spacial score (nSPS) is 13.0. The van der Waals surface area contributed by atoms with Gasteiger partial charge in [-0.1, -0.05) is 0 Å². The lowest BCUT2D eigenvalue weighted by Gasteiger charge is -2.10. The van der Waals surface area contributed by atoms with Crippen LogP contribution in [0.5, 0.6) is 0 Å². The van der Waals surface area contributed by atoms with Crippen LogP contribution in [0.4, 0.5) is 13.2 Å². The van der Waals surface area contributed by atoms with Crippen molar-refractivity contribution in [2.45, 2.75) is 25.1 Å². The Balaban J connectivity index is 4.16. The third-order valence-electron chi connectivity index (χ3n) is 1.43. The van der Waals surface area contributed by atoms with Gasteiger partial charge in [-0.05, 0) is 6.42 Å². The number of ether oxygens (including phenoxy) is 1. The average molecular weight is 242 g/mol. The molecule has 1 amide bonds. The van der Waals surface area contributed by atoms with Crippen molar-refractivity contribution < 1.29 is 32.3 Å². The number of hydrogen-bond donors (Lipinski definition) is 2. The van der Waals surface area contributed by atoms with E-state index in [4.69, 9.17) is 11.5 Å². The first-order valence-corrected chi connectivity index (χ1v) is 4.01. The maximum absolute atomic E-state index is 11.6. The molecule has 0 bridgehead atoms. The van der Waals surface area contributed by atoms with Gasteiger partial charge in [0.1, 0.15) is 6.04 Å². The summed E-state index contributed by atoms with van der Waals surface area (Å²) in [7, 11) is 0. The standard InChI is InChI=1S/C7H9F3N2O4/c8-7(9,10)6(15)16-5(14)3(11)1-2-4(12)13/h3H,1-2,11H2,(H2,12,13)/t3-/m0/s1. The number of nitrogens with two attached hydrogens (primary N) is 2. The number of rotatable bonds is 4. The van der Waals surface area contributed by atoms with Crippen molar-refractivity contribution in [2.75, 3.05) is 0 Å². The molecule has 0 saturated carbocycles. The molecule has 9 heteroatoms. The summed E-state index contributed by atoms with van der Waals surface area (Å²) in [5.74, 6) is -4.97. The molecule has 92 valence electrons. The molecule has 0 aromatic rings. The van der Waals surface area contributed by atoms with Crippen LogP contribution < -0.4 is 11.5 Å². The van der Waals surface area contributed by atoms with E-state index >= 15 is 0 Å². The quantitative estimate of drug-likeness (QED) is 0.495. The molecule has 1 atom stereocenters. The molecular weight excluding hydrogens is 233 g/mol. The average Bonchev–Trinajstić information content (AvgIpc) is 2.12. The molecule has 4 N–H and O–H groups in total. The van der Waals surface area contributed by atoms with Gasteiger partial charge in [0.2, 0.25) is 5.91 Å². The van der Waals surface area contributed by atoms with E-state index in [2.05, 4.69) is 4.74 Å². The topological polar surface area (TPSA) is 112 Å². The highest BCUT2D eigenvalue weighted by Crippen LogP contribution is 2.16. The van der Waals surface area contributed by atoms with Crippen LogP contribution in [0.1, 0.15) is 12.8 Å². The Morgan fingerprint density at radius 1 is 1.25 bits per heavy atom. The number of carbonyl (C=O) groups excluding carboxylic acids is 3. The molecule has 0 spiro atoms. The smallest absolute Gasteiger partial charge is 0.385 e. The van der Waals surface area contributed by atoms with Crippen LogP contribution in [0.25, 0.3) is 0 Å². The van der Waals surface area contributed by atoms with Crippen molar-refractivity contribution in [3.05, 3.63) is 0 Å². The van der Waals surface area contributed by atoms with Crippen molar-refractivity contribution in [2.24, 2.45) is 11.5 Å². The van der Waals surface area contributed by atoms with Gasteiger partial charge in [0.05, 0.1) is 0 Å². The molecule has 0 saturated heterocycles. The monoisotopic (exact) mass is 242 g/mol. The highest BCUT2D eigenvalue weighted by molar-refractivity contribution is 5.91. The lowest BCUT2D eigenvalue weighted by Crippen LogP contribution is -2.38. The predicted molar refractivity (Wildman–Crippen MR) is 43.6 cm³/mol. The number of amides is 1. The Morgan fingerprint density at radius 3 is 2.12 bits per heavy atom. The second kappa shape index (κ2) is 5.45. The van der Waals surface area contributed by atoms with Crippen LogP contribution >= 0.6 is 0 Å². The number of alkyl halides is 3. The minimum absolute atomic E-state index is 0.292. The summed E-state index contributed by atoms with van der Waals surface area (Å²) < 4.78 is 38.4. The van der Waals surface area contributed by atoms with Gasteiger partial charge >= 0.3 is 18.1 Å². The van der Waals surface area contributed by atoms with Crippen molar-refractivity contribution >= 4 is 17.8 Å². The first kappa shape index (κ1) is 14.4. The number of carbonyl (C=O) groups is 3. The molecule has 0 aliphatic heterocycles.